The molecule has 2 aromatic heterocycles. The highest BCUT2D eigenvalue weighted by molar-refractivity contribution is 5.85. The summed E-state index contributed by atoms with van der Waals surface area (Å²) < 4.78 is 11.3. The highest BCUT2D eigenvalue weighted by Gasteiger charge is 2.78. The Labute approximate surface area is 127 Å². The average Bonchev–Trinajstić information content (AvgIpc) is 2.83. The number of aromatic nitrogens is 4. The van der Waals surface area contributed by atoms with Crippen molar-refractivity contribution in [1.29, 1.82) is 0 Å². The summed E-state index contributed by atoms with van der Waals surface area (Å²) in [7, 11) is 0. The Balaban J connectivity index is 1.60. The van der Waals surface area contributed by atoms with Crippen molar-refractivity contribution in [3.8, 4) is 0 Å². The molecule has 2 aromatic rings. The molecular formula is C16H16N4O2. The first-order valence-corrected chi connectivity index (χ1v) is 7.50. The third-order valence-electron chi connectivity index (χ3n) is 5.80. The lowest BCUT2D eigenvalue weighted by atomic mass is 9.79. The normalized spacial score (nSPS) is 38.0. The van der Waals surface area contributed by atoms with Gasteiger partial charge in [-0.2, -0.15) is 0 Å². The second kappa shape index (κ2) is 3.39. The molecule has 3 aliphatic carbocycles. The molecule has 5 rings (SSSR count). The predicted octanol–water partition coefficient (Wildman–Crippen LogP) is 2.82. The molecule has 0 radical (unpaired) electrons. The highest BCUT2D eigenvalue weighted by atomic mass is 16.4. The molecule has 0 amide bonds. The molecule has 1 fully saturated rings. The van der Waals surface area contributed by atoms with E-state index in [0.29, 0.717) is 35.4 Å². The summed E-state index contributed by atoms with van der Waals surface area (Å²) in [5, 5.41) is 16.3. The van der Waals surface area contributed by atoms with Crippen LogP contribution in [0.5, 0.6) is 0 Å². The highest BCUT2D eigenvalue weighted by Crippen LogP contribution is 2.83. The molecule has 1 saturated carbocycles. The third kappa shape index (κ3) is 1.19. The van der Waals surface area contributed by atoms with Gasteiger partial charge in [0.2, 0.25) is 23.6 Å². The van der Waals surface area contributed by atoms with E-state index in [-0.39, 0.29) is 10.8 Å². The Morgan fingerprint density at radius 1 is 0.818 bits per heavy atom. The van der Waals surface area contributed by atoms with Gasteiger partial charge >= 0.3 is 0 Å². The van der Waals surface area contributed by atoms with Crippen LogP contribution in [0, 0.1) is 36.5 Å². The van der Waals surface area contributed by atoms with Crippen LogP contribution < -0.4 is 0 Å². The van der Waals surface area contributed by atoms with Gasteiger partial charge in [0.05, 0.1) is 0 Å². The molecule has 6 nitrogen and oxygen atoms in total. The van der Waals surface area contributed by atoms with Crippen LogP contribution in [-0.2, 0) is 0 Å². The van der Waals surface area contributed by atoms with Crippen LogP contribution in [0.4, 0.5) is 0 Å². The maximum absolute atomic E-state index is 5.66. The zero-order valence-electron chi connectivity index (χ0n) is 12.9. The maximum Gasteiger partial charge on any atom is 0.243 e. The molecule has 22 heavy (non-hydrogen) atoms. The lowest BCUT2D eigenvalue weighted by Gasteiger charge is -2.24. The van der Waals surface area contributed by atoms with Gasteiger partial charge in [-0.3, -0.25) is 0 Å². The molecule has 2 heterocycles. The van der Waals surface area contributed by atoms with E-state index in [4.69, 9.17) is 8.83 Å². The molecule has 4 atom stereocenters. The van der Waals surface area contributed by atoms with E-state index in [0.717, 1.165) is 11.1 Å². The van der Waals surface area contributed by atoms with Gasteiger partial charge in [-0.15, -0.1) is 20.4 Å². The number of allylic oxidation sites excluding steroid dienone is 4. The van der Waals surface area contributed by atoms with Gasteiger partial charge in [0.1, 0.15) is 0 Å². The Morgan fingerprint density at radius 2 is 1.27 bits per heavy atom. The monoisotopic (exact) mass is 296 g/mol. The maximum atomic E-state index is 5.66. The van der Waals surface area contributed by atoms with Gasteiger partial charge in [-0.25, -0.2) is 0 Å². The summed E-state index contributed by atoms with van der Waals surface area (Å²) in [5.41, 5.74) is 2.45. The van der Waals surface area contributed by atoms with Crippen LogP contribution >= 0.6 is 0 Å². The van der Waals surface area contributed by atoms with Crippen LogP contribution in [-0.4, -0.2) is 20.4 Å². The molecule has 2 unspecified atom stereocenters. The van der Waals surface area contributed by atoms with E-state index in [9.17, 15) is 0 Å². The van der Waals surface area contributed by atoms with E-state index in [1.165, 1.54) is 0 Å². The smallest absolute Gasteiger partial charge is 0.243 e. The van der Waals surface area contributed by atoms with E-state index < -0.39 is 0 Å². The van der Waals surface area contributed by atoms with E-state index in [2.05, 4.69) is 46.4 Å². The molecule has 6 heteroatoms. The standard InChI is InChI=1S/C16H16N4O2/c1-7-17-19-13(21-7)9-5-15(3)6-10(12-11(9)16(12,15)4)14-20-18-8(2)22-14/h5-6,11-12H,1-4H3/t11-,12+,15?,16?. The SMILES string of the molecule is Cc1nnc(C2=CC3(C)C=C(c4nnc(C)o4)[C@H]4[C@@H]2C43C)o1. The zero-order chi connectivity index (χ0) is 15.3. The van der Waals surface area contributed by atoms with Gasteiger partial charge < -0.3 is 8.83 Å². The van der Waals surface area contributed by atoms with Crippen molar-refractivity contribution in [1.82, 2.24) is 20.4 Å². The van der Waals surface area contributed by atoms with Crippen molar-refractivity contribution in [3.63, 3.8) is 0 Å². The van der Waals surface area contributed by atoms with Crippen molar-refractivity contribution >= 4 is 11.1 Å². The van der Waals surface area contributed by atoms with Crippen LogP contribution in [0.25, 0.3) is 11.1 Å². The van der Waals surface area contributed by atoms with Crippen molar-refractivity contribution in [2.45, 2.75) is 27.7 Å². The summed E-state index contributed by atoms with van der Waals surface area (Å²) in [5.74, 6) is 3.29. The fourth-order valence-electron chi connectivity index (χ4n) is 4.58. The number of nitrogens with zero attached hydrogens (tertiary/aromatic N) is 4. The quantitative estimate of drug-likeness (QED) is 0.848. The van der Waals surface area contributed by atoms with E-state index in [1.807, 2.05) is 13.8 Å². The molecular weight excluding hydrogens is 280 g/mol. The Bertz CT molecular complexity index is 808. The number of aryl methyl sites for hydroxylation is 2. The lowest BCUT2D eigenvalue weighted by molar-refractivity contribution is 0.333. The van der Waals surface area contributed by atoms with Gasteiger partial charge in [0.25, 0.3) is 0 Å². The Hall–Kier alpha value is -2.24. The fourth-order valence-corrected chi connectivity index (χ4v) is 4.58. The van der Waals surface area contributed by atoms with Gasteiger partial charge in [-0.05, 0) is 5.41 Å². The van der Waals surface area contributed by atoms with Crippen molar-refractivity contribution < 1.29 is 8.83 Å². The van der Waals surface area contributed by atoms with Gasteiger partial charge in [0, 0.05) is 42.2 Å². The Kier molecular flexibility index (Phi) is 1.90. The lowest BCUT2D eigenvalue weighted by Crippen LogP contribution is -2.18. The van der Waals surface area contributed by atoms with Crippen LogP contribution in [0.3, 0.4) is 0 Å². The first kappa shape index (κ1) is 12.3. The zero-order valence-corrected chi connectivity index (χ0v) is 12.9. The minimum atomic E-state index is -0.0300. The summed E-state index contributed by atoms with van der Waals surface area (Å²) in [4.78, 5) is 0. The fraction of sp³-hybridized carbons (Fsp3) is 0.500. The topological polar surface area (TPSA) is 77.8 Å². The molecule has 0 bridgehead atoms. The predicted molar refractivity (Wildman–Crippen MR) is 77.2 cm³/mol. The van der Waals surface area contributed by atoms with Gasteiger partial charge in [-0.1, -0.05) is 26.0 Å². The van der Waals surface area contributed by atoms with Crippen LogP contribution in [0.2, 0.25) is 0 Å². The molecule has 0 aliphatic heterocycles. The summed E-state index contributed by atoms with van der Waals surface area (Å²) in [6.45, 7) is 8.22. The number of hydrogen-bond donors (Lipinski definition) is 0. The minimum absolute atomic E-state index is 0.0300. The minimum Gasteiger partial charge on any atom is -0.421 e. The first-order valence-electron chi connectivity index (χ1n) is 7.50. The second-order valence-electron chi connectivity index (χ2n) is 6.97. The number of hydrogen-bond acceptors (Lipinski definition) is 6. The summed E-state index contributed by atoms with van der Waals surface area (Å²) >= 11 is 0. The summed E-state index contributed by atoms with van der Waals surface area (Å²) in [6.07, 6.45) is 4.55. The van der Waals surface area contributed by atoms with Crippen molar-refractivity contribution in [3.05, 3.63) is 35.7 Å². The molecule has 112 valence electrons. The first-order chi connectivity index (χ1) is 10.4. The largest absolute Gasteiger partial charge is 0.421 e. The van der Waals surface area contributed by atoms with Crippen LogP contribution in [0.15, 0.2) is 21.0 Å². The van der Waals surface area contributed by atoms with Crippen molar-refractivity contribution in [2.24, 2.45) is 22.7 Å². The van der Waals surface area contributed by atoms with Crippen LogP contribution in [0.1, 0.15) is 37.4 Å². The molecule has 0 spiro atoms. The van der Waals surface area contributed by atoms with Gasteiger partial charge in [0.15, 0.2) is 0 Å². The summed E-state index contributed by atoms with van der Waals surface area (Å²) in [6, 6.07) is 0. The van der Waals surface area contributed by atoms with Crippen molar-refractivity contribution in [2.75, 3.05) is 0 Å². The number of fused-ring (bicyclic) bond motifs is 1. The number of rotatable bonds is 2. The average molecular weight is 296 g/mol. The Morgan fingerprint density at radius 3 is 1.59 bits per heavy atom. The molecule has 3 aliphatic rings. The third-order valence-corrected chi connectivity index (χ3v) is 5.80. The molecule has 0 N–H and O–H groups in total. The molecule has 0 aromatic carbocycles. The molecule has 0 saturated heterocycles. The second-order valence-corrected chi connectivity index (χ2v) is 6.97. The van der Waals surface area contributed by atoms with E-state index >= 15 is 0 Å². The van der Waals surface area contributed by atoms with E-state index in [1.54, 1.807) is 0 Å².